The number of pyridine rings is 1. The number of fused-ring (bicyclic) bond motifs is 1. The minimum absolute atomic E-state index is 0.0630. The van der Waals surface area contributed by atoms with Crippen LogP contribution < -0.4 is 4.90 Å². The molecule has 0 aliphatic rings. The Bertz CT molecular complexity index is 1150. The highest BCUT2D eigenvalue weighted by Crippen LogP contribution is 2.27. The summed E-state index contributed by atoms with van der Waals surface area (Å²) in [5.74, 6) is 0.226. The third-order valence-electron chi connectivity index (χ3n) is 4.58. The van der Waals surface area contributed by atoms with Gasteiger partial charge in [-0.25, -0.2) is 9.37 Å². The van der Waals surface area contributed by atoms with Gasteiger partial charge in [0.2, 0.25) is 5.91 Å². The molecule has 0 N–H and O–H groups in total. The summed E-state index contributed by atoms with van der Waals surface area (Å²) >= 11 is 1.47. The highest BCUT2D eigenvalue weighted by molar-refractivity contribution is 7.98. The van der Waals surface area contributed by atoms with Crippen LogP contribution in [0.5, 0.6) is 0 Å². The lowest BCUT2D eigenvalue weighted by Gasteiger charge is -2.18. The second-order valence-electron chi connectivity index (χ2n) is 6.55. The minimum atomic E-state index is -0.263. The maximum Gasteiger partial charge on any atom is 0.246 e. The van der Waals surface area contributed by atoms with Crippen LogP contribution in [0.3, 0.4) is 0 Å². The zero-order chi connectivity index (χ0) is 20.2. The van der Waals surface area contributed by atoms with Gasteiger partial charge in [0.05, 0.1) is 17.2 Å². The van der Waals surface area contributed by atoms with Gasteiger partial charge in [-0.2, -0.15) is 0 Å². The molecule has 0 atom stereocenters. The number of nitrogens with zero attached hydrogens (tertiary/aromatic N) is 4. The molecule has 0 saturated carbocycles. The molecule has 7 heteroatoms. The van der Waals surface area contributed by atoms with E-state index in [9.17, 15) is 9.18 Å². The van der Waals surface area contributed by atoms with Crippen molar-refractivity contribution in [2.75, 3.05) is 11.9 Å². The minimum Gasteiger partial charge on any atom is -0.314 e. The van der Waals surface area contributed by atoms with E-state index in [1.807, 2.05) is 47.0 Å². The van der Waals surface area contributed by atoms with E-state index in [0.717, 1.165) is 22.3 Å². The Morgan fingerprint density at radius 2 is 1.97 bits per heavy atom. The van der Waals surface area contributed by atoms with Gasteiger partial charge < -0.3 is 9.47 Å². The van der Waals surface area contributed by atoms with Crippen LogP contribution in [0.1, 0.15) is 5.56 Å². The second kappa shape index (κ2) is 8.45. The van der Waals surface area contributed by atoms with Gasteiger partial charge >= 0.3 is 0 Å². The molecule has 1 amide bonds. The molecule has 5 nitrogen and oxygen atoms in total. The zero-order valence-corrected chi connectivity index (χ0v) is 16.6. The molecule has 146 valence electrons. The van der Waals surface area contributed by atoms with Gasteiger partial charge in [0.1, 0.15) is 12.4 Å². The third-order valence-corrected chi connectivity index (χ3v) is 5.63. The Balaban J connectivity index is 1.60. The summed E-state index contributed by atoms with van der Waals surface area (Å²) in [5.41, 5.74) is 3.26. The van der Waals surface area contributed by atoms with Crippen molar-refractivity contribution >= 4 is 34.4 Å². The number of imidazole rings is 1. The standard InChI is InChI=1S/C22H19FN4OS/c1-26(18-8-3-2-4-9-18)21(28)14-27-20-13-24-11-10-19(20)25-22(27)29-15-16-6-5-7-17(23)12-16/h2-13H,14-15H2,1H3. The number of para-hydroxylation sites is 1. The van der Waals surface area contributed by atoms with Gasteiger partial charge in [-0.15, -0.1) is 0 Å². The van der Waals surface area contributed by atoms with Crippen molar-refractivity contribution in [2.45, 2.75) is 17.5 Å². The predicted octanol–water partition coefficient (Wildman–Crippen LogP) is 4.53. The van der Waals surface area contributed by atoms with Gasteiger partial charge in [0, 0.05) is 24.7 Å². The number of thioether (sulfide) groups is 1. The molecular weight excluding hydrogens is 387 g/mol. The van der Waals surface area contributed by atoms with Crippen LogP contribution >= 0.6 is 11.8 Å². The molecule has 0 spiro atoms. The number of hydrogen-bond acceptors (Lipinski definition) is 4. The van der Waals surface area contributed by atoms with Crippen molar-refractivity contribution in [2.24, 2.45) is 0 Å². The van der Waals surface area contributed by atoms with E-state index in [2.05, 4.69) is 9.97 Å². The van der Waals surface area contributed by atoms with E-state index in [-0.39, 0.29) is 18.3 Å². The lowest BCUT2D eigenvalue weighted by molar-refractivity contribution is -0.118. The Hall–Kier alpha value is -3.19. The molecule has 4 rings (SSSR count). The molecule has 2 heterocycles. The van der Waals surface area contributed by atoms with Crippen LogP contribution in [-0.2, 0) is 17.1 Å². The van der Waals surface area contributed by atoms with Crippen LogP contribution in [-0.4, -0.2) is 27.5 Å². The Morgan fingerprint density at radius 3 is 2.76 bits per heavy atom. The van der Waals surface area contributed by atoms with Gasteiger partial charge in [-0.05, 0) is 35.9 Å². The Labute approximate surface area is 172 Å². The van der Waals surface area contributed by atoms with Crippen molar-refractivity contribution in [3.05, 3.63) is 84.4 Å². The fraction of sp³-hybridized carbons (Fsp3) is 0.136. The molecular formula is C22H19FN4OS. The van der Waals surface area contributed by atoms with E-state index < -0.39 is 0 Å². The monoisotopic (exact) mass is 406 g/mol. The average Bonchev–Trinajstić information content (AvgIpc) is 3.10. The van der Waals surface area contributed by atoms with E-state index in [4.69, 9.17) is 0 Å². The molecule has 2 aromatic heterocycles. The van der Waals surface area contributed by atoms with Gasteiger partial charge in [-0.3, -0.25) is 9.78 Å². The summed E-state index contributed by atoms with van der Waals surface area (Å²) in [6, 6.07) is 17.8. The fourth-order valence-electron chi connectivity index (χ4n) is 3.02. The highest BCUT2D eigenvalue weighted by Gasteiger charge is 2.17. The summed E-state index contributed by atoms with van der Waals surface area (Å²) in [7, 11) is 1.76. The lowest BCUT2D eigenvalue weighted by atomic mass is 10.2. The Kier molecular flexibility index (Phi) is 5.57. The molecule has 0 bridgehead atoms. The summed E-state index contributed by atoms with van der Waals surface area (Å²) in [5, 5.41) is 0.701. The fourth-order valence-corrected chi connectivity index (χ4v) is 3.98. The van der Waals surface area contributed by atoms with Crippen LogP contribution in [0.4, 0.5) is 10.1 Å². The number of amides is 1. The van der Waals surface area contributed by atoms with E-state index in [1.54, 1.807) is 30.4 Å². The summed E-state index contributed by atoms with van der Waals surface area (Å²) in [6.45, 7) is 0.138. The van der Waals surface area contributed by atoms with Crippen LogP contribution in [0.2, 0.25) is 0 Å². The second-order valence-corrected chi connectivity index (χ2v) is 7.49. The Morgan fingerprint density at radius 1 is 1.14 bits per heavy atom. The number of likely N-dealkylation sites (N-methyl/N-ethyl adjacent to an activating group) is 1. The third kappa shape index (κ3) is 4.30. The summed E-state index contributed by atoms with van der Waals surface area (Å²) < 4.78 is 15.3. The normalized spacial score (nSPS) is 11.0. The molecule has 0 saturated heterocycles. The van der Waals surface area contributed by atoms with E-state index >= 15 is 0 Å². The summed E-state index contributed by atoms with van der Waals surface area (Å²) in [6.07, 6.45) is 3.39. The van der Waals surface area contributed by atoms with Gasteiger partial charge in [0.25, 0.3) is 0 Å². The van der Waals surface area contributed by atoms with Crippen LogP contribution in [0.15, 0.2) is 78.2 Å². The first-order valence-corrected chi connectivity index (χ1v) is 10.1. The topological polar surface area (TPSA) is 51.0 Å². The van der Waals surface area contributed by atoms with Crippen molar-refractivity contribution in [3.8, 4) is 0 Å². The number of hydrogen-bond donors (Lipinski definition) is 0. The van der Waals surface area contributed by atoms with Crippen molar-refractivity contribution < 1.29 is 9.18 Å². The maximum atomic E-state index is 13.5. The van der Waals surface area contributed by atoms with E-state index in [1.165, 1.54) is 23.9 Å². The lowest BCUT2D eigenvalue weighted by Crippen LogP contribution is -2.30. The summed E-state index contributed by atoms with van der Waals surface area (Å²) in [4.78, 5) is 23.4. The number of carbonyl (C=O) groups excluding carboxylic acids is 1. The zero-order valence-electron chi connectivity index (χ0n) is 15.8. The van der Waals surface area contributed by atoms with Gasteiger partial charge in [-0.1, -0.05) is 42.1 Å². The molecule has 0 radical (unpaired) electrons. The highest BCUT2D eigenvalue weighted by atomic mass is 32.2. The quantitative estimate of drug-likeness (QED) is 0.442. The van der Waals surface area contributed by atoms with Crippen molar-refractivity contribution in [1.29, 1.82) is 0 Å². The molecule has 0 aliphatic carbocycles. The maximum absolute atomic E-state index is 13.5. The molecule has 2 aromatic carbocycles. The van der Waals surface area contributed by atoms with Crippen molar-refractivity contribution in [1.82, 2.24) is 14.5 Å². The van der Waals surface area contributed by atoms with Gasteiger partial charge in [0.15, 0.2) is 5.16 Å². The smallest absolute Gasteiger partial charge is 0.246 e. The van der Waals surface area contributed by atoms with Crippen LogP contribution in [0, 0.1) is 5.82 Å². The first-order valence-electron chi connectivity index (χ1n) is 9.11. The number of rotatable bonds is 6. The molecule has 0 aliphatic heterocycles. The number of anilines is 1. The molecule has 4 aromatic rings. The number of halogens is 1. The number of carbonyl (C=O) groups is 1. The first-order chi connectivity index (χ1) is 14.1. The molecule has 0 unspecified atom stereocenters. The van der Waals surface area contributed by atoms with Crippen LogP contribution in [0.25, 0.3) is 11.0 Å². The van der Waals surface area contributed by atoms with E-state index in [0.29, 0.717) is 10.9 Å². The predicted molar refractivity (Wildman–Crippen MR) is 113 cm³/mol. The molecule has 29 heavy (non-hydrogen) atoms. The largest absolute Gasteiger partial charge is 0.314 e. The molecule has 0 fully saturated rings. The SMILES string of the molecule is CN(C(=O)Cn1c(SCc2cccc(F)c2)nc2ccncc21)c1ccccc1. The number of benzene rings is 2. The first kappa shape index (κ1) is 19.1. The average molecular weight is 406 g/mol. The van der Waals surface area contributed by atoms with Crippen molar-refractivity contribution in [3.63, 3.8) is 0 Å². The number of aromatic nitrogens is 3.